The average Bonchev–Trinajstić information content (AvgIpc) is 2.29. The van der Waals surface area contributed by atoms with E-state index >= 15 is 0 Å². The summed E-state index contributed by atoms with van der Waals surface area (Å²) >= 11 is 0. The number of hydrogen-bond acceptors (Lipinski definition) is 3. The van der Waals surface area contributed by atoms with E-state index in [1.165, 1.54) is 0 Å². The van der Waals surface area contributed by atoms with Gasteiger partial charge in [-0.25, -0.2) is 0 Å². The van der Waals surface area contributed by atoms with Crippen LogP contribution in [0.2, 0.25) is 0 Å². The number of nitrogens with one attached hydrogen (secondary N) is 1. The second-order valence-electron chi connectivity index (χ2n) is 4.22. The summed E-state index contributed by atoms with van der Waals surface area (Å²) in [5, 5.41) is 3.27. The van der Waals surface area contributed by atoms with E-state index in [0.29, 0.717) is 5.69 Å². The Labute approximate surface area is 95.7 Å². The quantitative estimate of drug-likeness (QED) is 0.760. The summed E-state index contributed by atoms with van der Waals surface area (Å²) in [5.74, 6) is 0.0482. The minimum atomic E-state index is 0.0482. The van der Waals surface area contributed by atoms with Crippen molar-refractivity contribution >= 4 is 5.91 Å². The molecule has 0 spiro atoms. The lowest BCUT2D eigenvalue weighted by atomic mass is 10.1. The van der Waals surface area contributed by atoms with Gasteiger partial charge in [0.15, 0.2) is 0 Å². The standard InChI is InChI=1S/C12H17N3O/c1-9-4-3-5-14-11(9)12(16)15-7-6-13-8-10(15)2/h3-5,10,13H,6-8H2,1-2H3. The van der Waals surface area contributed by atoms with Gasteiger partial charge < -0.3 is 10.2 Å². The molecule has 1 saturated heterocycles. The predicted octanol–water partition coefficient (Wildman–Crippen LogP) is 0.824. The number of amides is 1. The molecule has 0 aromatic carbocycles. The van der Waals surface area contributed by atoms with Gasteiger partial charge in [0.25, 0.3) is 5.91 Å². The molecule has 4 heteroatoms. The van der Waals surface area contributed by atoms with E-state index in [9.17, 15) is 4.79 Å². The number of piperazine rings is 1. The molecule has 0 aliphatic carbocycles. The van der Waals surface area contributed by atoms with Gasteiger partial charge in [0.1, 0.15) is 5.69 Å². The lowest BCUT2D eigenvalue weighted by Crippen LogP contribution is -2.52. The summed E-state index contributed by atoms with van der Waals surface area (Å²) in [7, 11) is 0. The number of pyridine rings is 1. The molecule has 1 aromatic heterocycles. The molecule has 0 radical (unpaired) electrons. The van der Waals surface area contributed by atoms with Crippen molar-refractivity contribution in [3.05, 3.63) is 29.6 Å². The van der Waals surface area contributed by atoms with E-state index in [1.807, 2.05) is 24.0 Å². The van der Waals surface area contributed by atoms with Crippen LogP contribution in [0, 0.1) is 6.92 Å². The molecule has 0 bridgehead atoms. The number of rotatable bonds is 1. The molecular formula is C12H17N3O. The number of aryl methyl sites for hydroxylation is 1. The number of hydrogen-bond donors (Lipinski definition) is 1. The number of aromatic nitrogens is 1. The smallest absolute Gasteiger partial charge is 0.273 e. The first-order valence-electron chi connectivity index (χ1n) is 5.63. The summed E-state index contributed by atoms with van der Waals surface area (Å²) in [6.07, 6.45) is 1.67. The van der Waals surface area contributed by atoms with Crippen LogP contribution >= 0.6 is 0 Å². The molecular weight excluding hydrogens is 202 g/mol. The highest BCUT2D eigenvalue weighted by Crippen LogP contribution is 2.11. The fourth-order valence-electron chi connectivity index (χ4n) is 1.99. The first kappa shape index (κ1) is 11.1. The third-order valence-corrected chi connectivity index (χ3v) is 2.97. The molecule has 1 fully saturated rings. The van der Waals surface area contributed by atoms with Crippen LogP contribution in [-0.2, 0) is 0 Å². The van der Waals surface area contributed by atoms with Gasteiger partial charge in [-0.1, -0.05) is 6.07 Å². The van der Waals surface area contributed by atoms with Crippen molar-refractivity contribution in [2.75, 3.05) is 19.6 Å². The largest absolute Gasteiger partial charge is 0.332 e. The van der Waals surface area contributed by atoms with Gasteiger partial charge in [-0.3, -0.25) is 9.78 Å². The van der Waals surface area contributed by atoms with E-state index in [-0.39, 0.29) is 11.9 Å². The summed E-state index contributed by atoms with van der Waals surface area (Å²) in [6, 6.07) is 4.02. The molecule has 1 aromatic rings. The fourth-order valence-corrected chi connectivity index (χ4v) is 1.99. The molecule has 1 N–H and O–H groups in total. The molecule has 1 atom stereocenters. The topological polar surface area (TPSA) is 45.2 Å². The van der Waals surface area contributed by atoms with Crippen LogP contribution in [0.25, 0.3) is 0 Å². The number of carbonyl (C=O) groups is 1. The fraction of sp³-hybridized carbons (Fsp3) is 0.500. The van der Waals surface area contributed by atoms with Crippen LogP contribution in [0.4, 0.5) is 0 Å². The molecule has 1 unspecified atom stereocenters. The minimum Gasteiger partial charge on any atom is -0.332 e. The Hall–Kier alpha value is -1.42. The minimum absolute atomic E-state index is 0.0482. The van der Waals surface area contributed by atoms with E-state index in [0.717, 1.165) is 25.2 Å². The van der Waals surface area contributed by atoms with E-state index in [2.05, 4.69) is 17.2 Å². The highest BCUT2D eigenvalue weighted by molar-refractivity contribution is 5.93. The maximum atomic E-state index is 12.3. The zero-order valence-electron chi connectivity index (χ0n) is 9.73. The molecule has 1 amide bonds. The van der Waals surface area contributed by atoms with E-state index in [4.69, 9.17) is 0 Å². The van der Waals surface area contributed by atoms with Crippen molar-refractivity contribution in [1.82, 2.24) is 15.2 Å². The summed E-state index contributed by atoms with van der Waals surface area (Å²) in [6.45, 7) is 6.46. The maximum absolute atomic E-state index is 12.3. The molecule has 1 aliphatic rings. The van der Waals surface area contributed by atoms with Crippen LogP contribution < -0.4 is 5.32 Å². The monoisotopic (exact) mass is 219 g/mol. The zero-order chi connectivity index (χ0) is 11.5. The van der Waals surface area contributed by atoms with Gasteiger partial charge in [0.05, 0.1) is 0 Å². The first-order valence-corrected chi connectivity index (χ1v) is 5.63. The Bertz CT molecular complexity index is 392. The summed E-state index contributed by atoms with van der Waals surface area (Å²) in [5.41, 5.74) is 1.52. The third-order valence-electron chi connectivity index (χ3n) is 2.97. The van der Waals surface area contributed by atoms with E-state index in [1.54, 1.807) is 6.20 Å². The van der Waals surface area contributed by atoms with Crippen LogP contribution in [0.15, 0.2) is 18.3 Å². The lowest BCUT2D eigenvalue weighted by molar-refractivity contribution is 0.0649. The predicted molar refractivity (Wildman–Crippen MR) is 62.3 cm³/mol. The van der Waals surface area contributed by atoms with Gasteiger partial charge in [-0.05, 0) is 25.5 Å². The Morgan fingerprint density at radius 2 is 2.44 bits per heavy atom. The molecule has 4 nitrogen and oxygen atoms in total. The van der Waals surface area contributed by atoms with E-state index < -0.39 is 0 Å². The molecule has 2 rings (SSSR count). The van der Waals surface area contributed by atoms with Crippen molar-refractivity contribution in [2.45, 2.75) is 19.9 Å². The van der Waals surface area contributed by atoms with Crippen molar-refractivity contribution in [1.29, 1.82) is 0 Å². The lowest BCUT2D eigenvalue weighted by Gasteiger charge is -2.33. The van der Waals surface area contributed by atoms with Gasteiger partial charge in [0.2, 0.25) is 0 Å². The van der Waals surface area contributed by atoms with Crippen LogP contribution in [0.3, 0.4) is 0 Å². The van der Waals surface area contributed by atoms with Crippen LogP contribution in [-0.4, -0.2) is 41.5 Å². The SMILES string of the molecule is Cc1cccnc1C(=O)N1CCNCC1C. The molecule has 86 valence electrons. The Kier molecular flexibility index (Phi) is 3.19. The maximum Gasteiger partial charge on any atom is 0.273 e. The number of nitrogens with zero attached hydrogens (tertiary/aromatic N) is 2. The van der Waals surface area contributed by atoms with Gasteiger partial charge in [-0.15, -0.1) is 0 Å². The zero-order valence-corrected chi connectivity index (χ0v) is 9.73. The average molecular weight is 219 g/mol. The van der Waals surface area contributed by atoms with Crippen molar-refractivity contribution in [3.63, 3.8) is 0 Å². The normalized spacial score (nSPS) is 20.9. The molecule has 16 heavy (non-hydrogen) atoms. The molecule has 0 saturated carbocycles. The van der Waals surface area contributed by atoms with Crippen LogP contribution in [0.1, 0.15) is 23.0 Å². The summed E-state index contributed by atoms with van der Waals surface area (Å²) < 4.78 is 0. The van der Waals surface area contributed by atoms with Crippen LogP contribution in [0.5, 0.6) is 0 Å². The second-order valence-corrected chi connectivity index (χ2v) is 4.22. The van der Waals surface area contributed by atoms with Gasteiger partial charge in [-0.2, -0.15) is 0 Å². The van der Waals surface area contributed by atoms with Crippen molar-refractivity contribution in [2.24, 2.45) is 0 Å². The highest BCUT2D eigenvalue weighted by atomic mass is 16.2. The van der Waals surface area contributed by atoms with Crippen molar-refractivity contribution in [3.8, 4) is 0 Å². The van der Waals surface area contributed by atoms with Gasteiger partial charge in [0, 0.05) is 31.9 Å². The number of carbonyl (C=O) groups excluding carboxylic acids is 1. The summed E-state index contributed by atoms with van der Waals surface area (Å²) in [4.78, 5) is 18.3. The van der Waals surface area contributed by atoms with Gasteiger partial charge >= 0.3 is 0 Å². The highest BCUT2D eigenvalue weighted by Gasteiger charge is 2.25. The molecule has 1 aliphatic heterocycles. The third kappa shape index (κ3) is 2.07. The Morgan fingerprint density at radius 1 is 1.62 bits per heavy atom. The Balaban J connectivity index is 2.21. The second kappa shape index (κ2) is 4.61. The Morgan fingerprint density at radius 3 is 3.12 bits per heavy atom. The molecule has 2 heterocycles. The van der Waals surface area contributed by atoms with Crippen molar-refractivity contribution < 1.29 is 4.79 Å². The first-order chi connectivity index (χ1) is 7.70.